The summed E-state index contributed by atoms with van der Waals surface area (Å²) in [5, 5.41) is 3.83. The molecule has 0 spiro atoms. The van der Waals surface area contributed by atoms with Gasteiger partial charge in [0.05, 0.1) is 25.3 Å². The number of hydrogen-bond acceptors (Lipinski definition) is 7. The van der Waals surface area contributed by atoms with Crippen molar-refractivity contribution in [3.63, 3.8) is 0 Å². The molecule has 1 heterocycles. The van der Waals surface area contributed by atoms with Crippen LogP contribution in [0.1, 0.15) is 47.3 Å². The van der Waals surface area contributed by atoms with Gasteiger partial charge in [0.15, 0.2) is 5.76 Å². The first-order valence-corrected chi connectivity index (χ1v) is 11.2. The van der Waals surface area contributed by atoms with Crippen LogP contribution >= 0.6 is 0 Å². The normalized spacial score (nSPS) is 12.8. The van der Waals surface area contributed by atoms with E-state index in [9.17, 15) is 17.9 Å². The van der Waals surface area contributed by atoms with Gasteiger partial charge in [0.1, 0.15) is 22.9 Å². The molecule has 0 amide bonds. The largest absolute Gasteiger partial charge is 0.755 e. The van der Waals surface area contributed by atoms with Crippen LogP contribution in [0.15, 0.2) is 40.9 Å². The minimum absolute atomic E-state index is 0.133. The average molecular weight is 476 g/mol. The highest BCUT2D eigenvalue weighted by Gasteiger charge is 2.26. The zero-order chi connectivity index (χ0) is 24.3. The Morgan fingerprint density at radius 3 is 2.55 bits per heavy atom. The standard InChI is InChI=1S/C23H25FN2O6S/c1-6-31-23(27)20-11-16(7-9-18(20)19-12-17(24)8-10-21(19)30-5)14(3)26(33(28)29)22-13(2)25-32-15(22)4/h7-12,14H,6H2,1-5H3,(H,28,29)/p-1. The molecule has 0 aliphatic heterocycles. The first-order chi connectivity index (χ1) is 15.7. The van der Waals surface area contributed by atoms with Gasteiger partial charge in [-0.1, -0.05) is 17.3 Å². The Morgan fingerprint density at radius 1 is 1.24 bits per heavy atom. The van der Waals surface area contributed by atoms with Crippen molar-refractivity contribution in [1.29, 1.82) is 0 Å². The molecule has 0 saturated heterocycles. The predicted molar refractivity (Wildman–Crippen MR) is 120 cm³/mol. The number of halogens is 1. The number of benzene rings is 2. The molecule has 0 aliphatic rings. The van der Waals surface area contributed by atoms with Gasteiger partial charge in [-0.15, -0.1) is 0 Å². The van der Waals surface area contributed by atoms with E-state index in [0.29, 0.717) is 39.6 Å². The van der Waals surface area contributed by atoms with Gasteiger partial charge in [0, 0.05) is 16.8 Å². The molecule has 0 N–H and O–H groups in total. The summed E-state index contributed by atoms with van der Waals surface area (Å²) < 4.78 is 55.2. The van der Waals surface area contributed by atoms with Crippen LogP contribution in [-0.4, -0.2) is 33.6 Å². The van der Waals surface area contributed by atoms with Gasteiger partial charge in [0.25, 0.3) is 0 Å². The highest BCUT2D eigenvalue weighted by atomic mass is 32.2. The van der Waals surface area contributed by atoms with Crippen LogP contribution < -0.4 is 9.04 Å². The molecule has 10 heteroatoms. The number of rotatable bonds is 8. The fourth-order valence-electron chi connectivity index (χ4n) is 3.65. The lowest BCUT2D eigenvalue weighted by Crippen LogP contribution is -2.29. The zero-order valence-corrected chi connectivity index (χ0v) is 19.7. The van der Waals surface area contributed by atoms with Crippen LogP contribution in [0.4, 0.5) is 10.1 Å². The molecule has 3 rings (SSSR count). The van der Waals surface area contributed by atoms with Gasteiger partial charge in [-0.3, -0.25) is 8.51 Å². The second kappa shape index (κ2) is 10.1. The molecule has 176 valence electrons. The number of hydrogen-bond donors (Lipinski definition) is 0. The Kier molecular flexibility index (Phi) is 7.50. The molecular formula is C23H24FN2O6S-. The van der Waals surface area contributed by atoms with Crippen molar-refractivity contribution in [2.24, 2.45) is 0 Å². The maximum Gasteiger partial charge on any atom is 0.338 e. The molecule has 0 radical (unpaired) electrons. The van der Waals surface area contributed by atoms with E-state index in [4.69, 9.17) is 14.0 Å². The van der Waals surface area contributed by atoms with Crippen molar-refractivity contribution in [1.82, 2.24) is 5.16 Å². The molecule has 0 fully saturated rings. The smallest absolute Gasteiger partial charge is 0.338 e. The van der Waals surface area contributed by atoms with Gasteiger partial charge in [-0.05, 0) is 63.1 Å². The summed E-state index contributed by atoms with van der Waals surface area (Å²) >= 11 is -2.66. The van der Waals surface area contributed by atoms with Crippen LogP contribution in [0.25, 0.3) is 11.1 Å². The third-order valence-electron chi connectivity index (χ3n) is 5.20. The van der Waals surface area contributed by atoms with E-state index in [2.05, 4.69) is 5.16 Å². The molecule has 2 atom stereocenters. The van der Waals surface area contributed by atoms with Crippen molar-refractivity contribution in [3.05, 3.63) is 64.8 Å². The maximum absolute atomic E-state index is 14.0. The summed E-state index contributed by atoms with van der Waals surface area (Å²) in [6.45, 7) is 6.74. The zero-order valence-electron chi connectivity index (χ0n) is 18.9. The van der Waals surface area contributed by atoms with Crippen LogP contribution in [0.5, 0.6) is 5.75 Å². The average Bonchev–Trinajstić information content (AvgIpc) is 3.11. The van der Waals surface area contributed by atoms with E-state index in [1.807, 2.05) is 0 Å². The molecule has 0 aliphatic carbocycles. The number of methoxy groups -OCH3 is 1. The van der Waals surface area contributed by atoms with Gasteiger partial charge in [0.2, 0.25) is 0 Å². The molecule has 8 nitrogen and oxygen atoms in total. The van der Waals surface area contributed by atoms with Crippen molar-refractivity contribution in [3.8, 4) is 16.9 Å². The van der Waals surface area contributed by atoms with Crippen LogP contribution in [-0.2, 0) is 16.0 Å². The Morgan fingerprint density at radius 2 is 1.97 bits per heavy atom. The minimum Gasteiger partial charge on any atom is -0.755 e. The molecular weight excluding hydrogens is 451 g/mol. The third-order valence-corrected chi connectivity index (χ3v) is 6.02. The Hall–Kier alpha value is -3.24. The summed E-state index contributed by atoms with van der Waals surface area (Å²) in [5.74, 6) is -0.402. The van der Waals surface area contributed by atoms with E-state index < -0.39 is 29.1 Å². The van der Waals surface area contributed by atoms with Gasteiger partial charge >= 0.3 is 5.97 Å². The van der Waals surface area contributed by atoms with Crippen LogP contribution in [0, 0.1) is 19.7 Å². The lowest BCUT2D eigenvalue weighted by atomic mass is 9.94. The summed E-state index contributed by atoms with van der Waals surface area (Å²) in [4.78, 5) is 12.8. The first kappa shape index (κ1) is 24.4. The highest BCUT2D eigenvalue weighted by molar-refractivity contribution is 7.80. The van der Waals surface area contributed by atoms with Crippen molar-refractivity contribution in [2.45, 2.75) is 33.7 Å². The quantitative estimate of drug-likeness (QED) is 0.345. The Bertz CT molecular complexity index is 1180. The molecule has 0 bridgehead atoms. The number of esters is 1. The highest BCUT2D eigenvalue weighted by Crippen LogP contribution is 2.37. The van der Waals surface area contributed by atoms with Gasteiger partial charge in [-0.25, -0.2) is 9.18 Å². The number of nitrogens with zero attached hydrogens (tertiary/aromatic N) is 2. The second-order valence-electron chi connectivity index (χ2n) is 7.26. The SMILES string of the molecule is CCOC(=O)c1cc(C(C)N(c2c(C)noc2C)S(=O)[O-])ccc1-c1cc(F)ccc1OC. The fourth-order valence-corrected chi connectivity index (χ4v) is 4.44. The molecule has 0 saturated carbocycles. The van der Waals surface area contributed by atoms with E-state index in [1.165, 1.54) is 25.3 Å². The molecule has 1 aromatic heterocycles. The van der Waals surface area contributed by atoms with E-state index in [1.54, 1.807) is 45.9 Å². The van der Waals surface area contributed by atoms with Crippen molar-refractivity contribution in [2.75, 3.05) is 18.0 Å². The number of aromatic nitrogens is 1. The molecule has 3 aromatic rings. The van der Waals surface area contributed by atoms with Crippen LogP contribution in [0.2, 0.25) is 0 Å². The Labute approximate surface area is 193 Å². The van der Waals surface area contributed by atoms with Gasteiger partial charge < -0.3 is 18.5 Å². The maximum atomic E-state index is 14.0. The number of carbonyl (C=O) groups is 1. The van der Waals surface area contributed by atoms with E-state index in [-0.39, 0.29) is 12.2 Å². The summed E-state index contributed by atoms with van der Waals surface area (Å²) in [6, 6.07) is 8.11. The molecule has 2 unspecified atom stereocenters. The lowest BCUT2D eigenvalue weighted by molar-refractivity contribution is 0.0527. The number of anilines is 1. The first-order valence-electron chi connectivity index (χ1n) is 10.2. The predicted octanol–water partition coefficient (Wildman–Crippen LogP) is 4.64. The van der Waals surface area contributed by atoms with E-state index >= 15 is 0 Å². The number of ether oxygens (including phenoxy) is 2. The van der Waals surface area contributed by atoms with E-state index in [0.717, 1.165) is 4.31 Å². The number of aryl methyl sites for hydroxylation is 2. The second-order valence-corrected chi connectivity index (χ2v) is 8.09. The molecule has 33 heavy (non-hydrogen) atoms. The summed E-state index contributed by atoms with van der Waals surface area (Å²) in [7, 11) is 1.45. The molecule has 2 aromatic carbocycles. The minimum atomic E-state index is -2.66. The Balaban J connectivity index is 2.17. The van der Waals surface area contributed by atoms with Crippen LogP contribution in [0.3, 0.4) is 0 Å². The van der Waals surface area contributed by atoms with Crippen molar-refractivity contribution >= 4 is 22.9 Å². The summed E-state index contributed by atoms with van der Waals surface area (Å²) in [5.41, 5.74) is 2.17. The van der Waals surface area contributed by atoms with Crippen molar-refractivity contribution < 1.29 is 31.9 Å². The number of carbonyl (C=O) groups excluding carboxylic acids is 1. The summed E-state index contributed by atoms with van der Waals surface area (Å²) in [6.07, 6.45) is 0. The lowest BCUT2D eigenvalue weighted by Gasteiger charge is -2.32. The topological polar surface area (TPSA) is 105 Å². The monoisotopic (exact) mass is 475 g/mol. The fraction of sp³-hybridized carbons (Fsp3) is 0.304. The van der Waals surface area contributed by atoms with Gasteiger partial charge in [-0.2, -0.15) is 0 Å². The third kappa shape index (κ3) is 4.91.